The molecular weight excluding hydrogens is 500 g/mol. The van der Waals surface area contributed by atoms with E-state index in [1.54, 1.807) is 12.1 Å². The lowest BCUT2D eigenvalue weighted by Crippen LogP contribution is -2.55. The molecule has 1 heterocycles. The highest BCUT2D eigenvalue weighted by Gasteiger charge is 2.55. The van der Waals surface area contributed by atoms with Gasteiger partial charge in [-0.1, -0.05) is 54.6 Å². The number of anilines is 1. The van der Waals surface area contributed by atoms with Gasteiger partial charge in [-0.2, -0.15) is 0 Å². The van der Waals surface area contributed by atoms with E-state index in [0.29, 0.717) is 23.5 Å². The molecule has 1 aromatic heterocycles. The molecule has 0 saturated heterocycles. The molecule has 0 bridgehead atoms. The second-order valence-electron chi connectivity index (χ2n) is 11.0. The van der Waals surface area contributed by atoms with E-state index in [4.69, 9.17) is 5.73 Å². The van der Waals surface area contributed by atoms with Crippen LogP contribution < -0.4 is 16.4 Å². The molecule has 5 rings (SSSR count). The molecule has 0 atom stereocenters. The number of alkyl halides is 2. The summed E-state index contributed by atoms with van der Waals surface area (Å²) in [5.41, 5.74) is 8.94. The fourth-order valence-electron chi connectivity index (χ4n) is 5.79. The van der Waals surface area contributed by atoms with E-state index < -0.39 is 11.5 Å². The third-order valence-electron chi connectivity index (χ3n) is 7.76. The number of carbonyl (C=O) groups is 2. The van der Waals surface area contributed by atoms with E-state index in [1.165, 1.54) is 6.92 Å². The molecule has 0 unspecified atom stereocenters. The quantitative estimate of drug-likeness (QED) is 0.376. The van der Waals surface area contributed by atoms with Crippen molar-refractivity contribution in [2.24, 2.45) is 11.7 Å². The minimum absolute atomic E-state index is 0.0188. The SMILES string of the molecule is CC(=O)NC1CCC(CC(=O)Nc2cc(-c3ccccc3)c(-c3ccc(C4(N)CC(F)(F)C4)cc3)nn2)CC1. The lowest BCUT2D eigenvalue weighted by molar-refractivity contribution is -0.125. The summed E-state index contributed by atoms with van der Waals surface area (Å²) in [6.45, 7) is 1.53. The molecule has 3 aromatic rings. The summed E-state index contributed by atoms with van der Waals surface area (Å²) in [5.74, 6) is -2.23. The van der Waals surface area contributed by atoms with Crippen LogP contribution in [0.25, 0.3) is 22.4 Å². The highest BCUT2D eigenvalue weighted by molar-refractivity contribution is 5.91. The standard InChI is InChI=1S/C30H33F2N5O2/c1-19(38)34-24-13-7-20(8-14-24)15-27(39)35-26-16-25(21-5-3-2-4-6-21)28(37-36-26)22-9-11-23(12-10-22)29(33)17-30(31,32)18-29/h2-6,9-12,16,20,24H,7-8,13-15,17-18,33H2,1H3,(H,34,38)(H,35,36,39). The molecule has 7 nitrogen and oxygen atoms in total. The third-order valence-corrected chi connectivity index (χ3v) is 7.76. The molecular formula is C30H33F2N5O2. The normalized spacial score (nSPS) is 21.4. The van der Waals surface area contributed by atoms with Crippen LogP contribution in [0.3, 0.4) is 0 Å². The zero-order valence-corrected chi connectivity index (χ0v) is 21.9. The number of aromatic nitrogens is 2. The Kier molecular flexibility index (Phi) is 7.44. The van der Waals surface area contributed by atoms with Crippen LogP contribution in [0, 0.1) is 5.92 Å². The van der Waals surface area contributed by atoms with Crippen LogP contribution >= 0.6 is 0 Å². The molecule has 0 spiro atoms. The van der Waals surface area contributed by atoms with Gasteiger partial charge in [-0.05, 0) is 48.8 Å². The van der Waals surface area contributed by atoms with Gasteiger partial charge in [-0.15, -0.1) is 10.2 Å². The maximum Gasteiger partial charge on any atom is 0.252 e. The minimum Gasteiger partial charge on any atom is -0.354 e. The molecule has 0 radical (unpaired) electrons. The highest BCUT2D eigenvalue weighted by Crippen LogP contribution is 2.50. The maximum atomic E-state index is 13.5. The molecule has 2 fully saturated rings. The first-order chi connectivity index (χ1) is 18.6. The second-order valence-corrected chi connectivity index (χ2v) is 11.0. The number of rotatable bonds is 7. The number of carbonyl (C=O) groups excluding carboxylic acids is 2. The molecule has 39 heavy (non-hydrogen) atoms. The average molecular weight is 534 g/mol. The summed E-state index contributed by atoms with van der Waals surface area (Å²) < 4.78 is 27.0. The lowest BCUT2D eigenvalue weighted by Gasteiger charge is -2.44. The number of nitrogens with zero attached hydrogens (tertiary/aromatic N) is 2. The first-order valence-electron chi connectivity index (χ1n) is 13.4. The molecule has 2 aliphatic carbocycles. The first-order valence-corrected chi connectivity index (χ1v) is 13.4. The van der Waals surface area contributed by atoms with Gasteiger partial charge in [0.1, 0.15) is 5.69 Å². The number of benzene rings is 2. The number of hydrogen-bond donors (Lipinski definition) is 3. The third kappa shape index (κ3) is 6.30. The van der Waals surface area contributed by atoms with Crippen LogP contribution in [0.4, 0.5) is 14.6 Å². The molecule has 4 N–H and O–H groups in total. The molecule has 0 aliphatic heterocycles. The summed E-state index contributed by atoms with van der Waals surface area (Å²) in [6.07, 6.45) is 3.18. The number of halogens is 2. The van der Waals surface area contributed by atoms with Crippen molar-refractivity contribution in [3.05, 3.63) is 66.2 Å². The monoisotopic (exact) mass is 533 g/mol. The van der Waals surface area contributed by atoms with Crippen molar-refractivity contribution in [1.82, 2.24) is 15.5 Å². The average Bonchev–Trinajstić information content (AvgIpc) is 2.89. The summed E-state index contributed by atoms with van der Waals surface area (Å²) in [4.78, 5) is 24.1. The van der Waals surface area contributed by atoms with Crippen molar-refractivity contribution < 1.29 is 18.4 Å². The number of nitrogens with two attached hydrogens (primary N) is 1. The van der Waals surface area contributed by atoms with E-state index in [9.17, 15) is 18.4 Å². The van der Waals surface area contributed by atoms with Crippen LogP contribution in [-0.2, 0) is 15.1 Å². The molecule has 2 aromatic carbocycles. The topological polar surface area (TPSA) is 110 Å². The Balaban J connectivity index is 1.31. The fourth-order valence-corrected chi connectivity index (χ4v) is 5.79. The number of amides is 2. The summed E-state index contributed by atoms with van der Waals surface area (Å²) >= 11 is 0. The van der Waals surface area contributed by atoms with Gasteiger partial charge < -0.3 is 16.4 Å². The Morgan fingerprint density at radius 3 is 2.23 bits per heavy atom. The van der Waals surface area contributed by atoms with Crippen molar-refractivity contribution in [3.63, 3.8) is 0 Å². The Hall–Kier alpha value is -3.72. The minimum atomic E-state index is -2.72. The Morgan fingerprint density at radius 1 is 0.949 bits per heavy atom. The summed E-state index contributed by atoms with van der Waals surface area (Å²) in [7, 11) is 0. The van der Waals surface area contributed by atoms with Gasteiger partial charge in [0.05, 0.1) is 5.54 Å². The predicted molar refractivity (Wildman–Crippen MR) is 146 cm³/mol. The first kappa shape index (κ1) is 26.9. The largest absolute Gasteiger partial charge is 0.354 e. The Labute approximate surface area is 226 Å². The van der Waals surface area contributed by atoms with Gasteiger partial charge in [-0.3, -0.25) is 9.59 Å². The molecule has 2 amide bonds. The predicted octanol–water partition coefficient (Wildman–Crippen LogP) is 5.42. The summed E-state index contributed by atoms with van der Waals surface area (Å²) in [5, 5.41) is 14.6. The Morgan fingerprint density at radius 2 is 1.62 bits per heavy atom. The van der Waals surface area contributed by atoms with Gasteiger partial charge >= 0.3 is 0 Å². The zero-order valence-electron chi connectivity index (χ0n) is 21.9. The van der Waals surface area contributed by atoms with Gasteiger partial charge in [0, 0.05) is 43.4 Å². The van der Waals surface area contributed by atoms with Crippen LogP contribution in [0.5, 0.6) is 0 Å². The van der Waals surface area contributed by atoms with E-state index in [2.05, 4.69) is 20.8 Å². The van der Waals surface area contributed by atoms with E-state index in [-0.39, 0.29) is 36.6 Å². The van der Waals surface area contributed by atoms with E-state index in [0.717, 1.165) is 42.4 Å². The van der Waals surface area contributed by atoms with Crippen molar-refractivity contribution in [3.8, 4) is 22.4 Å². The van der Waals surface area contributed by atoms with E-state index >= 15 is 0 Å². The molecule has 2 saturated carbocycles. The highest BCUT2D eigenvalue weighted by atomic mass is 19.3. The lowest BCUT2D eigenvalue weighted by atomic mass is 9.70. The van der Waals surface area contributed by atoms with Gasteiger partial charge in [0.25, 0.3) is 5.92 Å². The molecule has 2 aliphatic rings. The molecule has 9 heteroatoms. The van der Waals surface area contributed by atoms with Crippen LogP contribution in [0.1, 0.15) is 57.4 Å². The summed E-state index contributed by atoms with van der Waals surface area (Å²) in [6, 6.07) is 18.9. The van der Waals surface area contributed by atoms with Crippen LogP contribution in [0.15, 0.2) is 60.7 Å². The second kappa shape index (κ2) is 10.8. The van der Waals surface area contributed by atoms with E-state index in [1.807, 2.05) is 48.5 Å². The fraction of sp³-hybridized carbons (Fsp3) is 0.400. The van der Waals surface area contributed by atoms with Gasteiger partial charge in [0.15, 0.2) is 5.82 Å². The van der Waals surface area contributed by atoms with Crippen LogP contribution in [-0.4, -0.2) is 34.0 Å². The number of nitrogens with one attached hydrogen (secondary N) is 2. The molecule has 204 valence electrons. The van der Waals surface area contributed by atoms with Crippen molar-refractivity contribution in [1.29, 1.82) is 0 Å². The van der Waals surface area contributed by atoms with Crippen molar-refractivity contribution >= 4 is 17.6 Å². The van der Waals surface area contributed by atoms with Crippen LogP contribution in [0.2, 0.25) is 0 Å². The Bertz CT molecular complexity index is 1330. The number of hydrogen-bond acceptors (Lipinski definition) is 5. The van der Waals surface area contributed by atoms with Crippen molar-refractivity contribution in [2.75, 3.05) is 5.32 Å². The smallest absolute Gasteiger partial charge is 0.252 e. The zero-order chi connectivity index (χ0) is 27.6. The van der Waals surface area contributed by atoms with Gasteiger partial charge in [-0.25, -0.2) is 8.78 Å². The van der Waals surface area contributed by atoms with Gasteiger partial charge in [0.2, 0.25) is 11.8 Å². The van der Waals surface area contributed by atoms with Crippen molar-refractivity contribution in [2.45, 2.75) is 69.4 Å². The maximum absolute atomic E-state index is 13.5.